The molecule has 0 bridgehead atoms. The maximum atomic E-state index is 4.56. The van der Waals surface area contributed by atoms with Crippen LogP contribution in [-0.4, -0.2) is 19.9 Å². The molecule has 0 fully saturated rings. The van der Waals surface area contributed by atoms with Crippen LogP contribution in [0.15, 0.2) is 30.5 Å². The predicted molar refractivity (Wildman–Crippen MR) is 79.1 cm³/mol. The Morgan fingerprint density at radius 1 is 0.900 bits per heavy atom. The SMILES string of the molecule is Cc1ccnc(Nc2nc(C)c3cccc(C)c3n2)n1. The van der Waals surface area contributed by atoms with Gasteiger partial charge < -0.3 is 0 Å². The number of hydrogen-bond donors (Lipinski definition) is 1. The van der Waals surface area contributed by atoms with Gasteiger partial charge >= 0.3 is 0 Å². The smallest absolute Gasteiger partial charge is 0.230 e. The third kappa shape index (κ3) is 2.30. The van der Waals surface area contributed by atoms with Gasteiger partial charge in [-0.05, 0) is 32.4 Å². The summed E-state index contributed by atoms with van der Waals surface area (Å²) in [6.45, 7) is 5.94. The van der Waals surface area contributed by atoms with Gasteiger partial charge in [-0.15, -0.1) is 0 Å². The summed E-state index contributed by atoms with van der Waals surface area (Å²) in [6.07, 6.45) is 1.71. The van der Waals surface area contributed by atoms with Gasteiger partial charge in [0.1, 0.15) is 0 Å². The van der Waals surface area contributed by atoms with Crippen molar-refractivity contribution in [3.05, 3.63) is 47.4 Å². The Kier molecular flexibility index (Phi) is 3.02. The van der Waals surface area contributed by atoms with E-state index in [1.165, 1.54) is 0 Å². The first-order chi connectivity index (χ1) is 9.63. The number of para-hydroxylation sites is 1. The molecule has 100 valence electrons. The zero-order valence-electron chi connectivity index (χ0n) is 11.7. The zero-order valence-corrected chi connectivity index (χ0v) is 11.7. The third-order valence-electron chi connectivity index (χ3n) is 3.14. The first kappa shape index (κ1) is 12.5. The van der Waals surface area contributed by atoms with Crippen molar-refractivity contribution in [1.82, 2.24) is 19.9 Å². The number of aryl methyl sites for hydroxylation is 3. The van der Waals surface area contributed by atoms with E-state index in [-0.39, 0.29) is 0 Å². The molecule has 3 rings (SSSR count). The van der Waals surface area contributed by atoms with Gasteiger partial charge in [0.25, 0.3) is 0 Å². The fourth-order valence-electron chi connectivity index (χ4n) is 2.11. The number of anilines is 2. The second-order valence-corrected chi connectivity index (χ2v) is 4.75. The molecule has 2 heterocycles. The van der Waals surface area contributed by atoms with Gasteiger partial charge in [-0.2, -0.15) is 0 Å². The Labute approximate surface area is 117 Å². The molecular formula is C15H15N5. The van der Waals surface area contributed by atoms with E-state index in [2.05, 4.69) is 25.3 Å². The van der Waals surface area contributed by atoms with E-state index in [0.29, 0.717) is 11.9 Å². The summed E-state index contributed by atoms with van der Waals surface area (Å²) < 4.78 is 0. The second-order valence-electron chi connectivity index (χ2n) is 4.75. The van der Waals surface area contributed by atoms with Crippen LogP contribution in [0.1, 0.15) is 17.0 Å². The Morgan fingerprint density at radius 2 is 1.75 bits per heavy atom. The van der Waals surface area contributed by atoms with Gasteiger partial charge in [0.2, 0.25) is 11.9 Å². The van der Waals surface area contributed by atoms with Crippen LogP contribution < -0.4 is 5.32 Å². The highest BCUT2D eigenvalue weighted by Gasteiger charge is 2.07. The highest BCUT2D eigenvalue weighted by atomic mass is 15.2. The van der Waals surface area contributed by atoms with Crippen molar-refractivity contribution in [2.45, 2.75) is 20.8 Å². The molecule has 0 aliphatic carbocycles. The number of rotatable bonds is 2. The van der Waals surface area contributed by atoms with E-state index >= 15 is 0 Å². The molecule has 5 heteroatoms. The van der Waals surface area contributed by atoms with Crippen LogP contribution in [-0.2, 0) is 0 Å². The minimum Gasteiger partial charge on any atom is -0.293 e. The number of aromatic nitrogens is 4. The molecule has 1 aromatic carbocycles. The monoisotopic (exact) mass is 265 g/mol. The Morgan fingerprint density at radius 3 is 2.55 bits per heavy atom. The first-order valence-electron chi connectivity index (χ1n) is 6.44. The number of nitrogens with zero attached hydrogens (tertiary/aromatic N) is 4. The summed E-state index contributed by atoms with van der Waals surface area (Å²) in [5.41, 5.74) is 3.92. The molecule has 2 aromatic heterocycles. The van der Waals surface area contributed by atoms with Crippen LogP contribution >= 0.6 is 0 Å². The Bertz CT molecular complexity index is 782. The standard InChI is InChI=1S/C15H15N5/c1-9-5-4-6-12-11(3)18-15(19-13(9)12)20-14-16-8-7-10(2)17-14/h4-8H,1-3H3,(H,16,17,18,19,20). The minimum absolute atomic E-state index is 0.511. The first-order valence-corrected chi connectivity index (χ1v) is 6.44. The lowest BCUT2D eigenvalue weighted by atomic mass is 10.1. The molecule has 0 atom stereocenters. The minimum atomic E-state index is 0.511. The summed E-state index contributed by atoms with van der Waals surface area (Å²) in [7, 11) is 0. The summed E-state index contributed by atoms with van der Waals surface area (Å²) in [6, 6.07) is 7.94. The lowest BCUT2D eigenvalue weighted by molar-refractivity contribution is 1.07. The highest BCUT2D eigenvalue weighted by molar-refractivity contribution is 5.84. The Balaban J connectivity index is 2.06. The van der Waals surface area contributed by atoms with Crippen LogP contribution in [0.2, 0.25) is 0 Å². The molecule has 20 heavy (non-hydrogen) atoms. The van der Waals surface area contributed by atoms with Gasteiger partial charge in [0.15, 0.2) is 0 Å². The Hall–Kier alpha value is -2.56. The van der Waals surface area contributed by atoms with Crippen LogP contribution in [0.3, 0.4) is 0 Å². The molecule has 3 aromatic rings. The lowest BCUT2D eigenvalue weighted by Crippen LogP contribution is -2.03. The van der Waals surface area contributed by atoms with Crippen molar-refractivity contribution in [2.24, 2.45) is 0 Å². The van der Waals surface area contributed by atoms with E-state index in [9.17, 15) is 0 Å². The molecule has 0 unspecified atom stereocenters. The van der Waals surface area contributed by atoms with Gasteiger partial charge in [-0.1, -0.05) is 18.2 Å². The molecule has 0 radical (unpaired) electrons. The van der Waals surface area contributed by atoms with E-state index in [0.717, 1.165) is 27.9 Å². The largest absolute Gasteiger partial charge is 0.293 e. The molecule has 0 saturated heterocycles. The van der Waals surface area contributed by atoms with Crippen LogP contribution in [0.4, 0.5) is 11.9 Å². The summed E-state index contributed by atoms with van der Waals surface area (Å²) >= 11 is 0. The fourth-order valence-corrected chi connectivity index (χ4v) is 2.11. The molecule has 0 saturated carbocycles. The van der Waals surface area contributed by atoms with Crippen LogP contribution in [0.25, 0.3) is 10.9 Å². The van der Waals surface area contributed by atoms with Gasteiger partial charge in [0, 0.05) is 17.3 Å². The van der Waals surface area contributed by atoms with E-state index < -0.39 is 0 Å². The molecule has 0 aliphatic rings. The molecule has 0 aliphatic heterocycles. The molecule has 0 amide bonds. The quantitative estimate of drug-likeness (QED) is 0.771. The molecule has 5 nitrogen and oxygen atoms in total. The van der Waals surface area contributed by atoms with Gasteiger partial charge in [0.05, 0.1) is 11.2 Å². The van der Waals surface area contributed by atoms with Gasteiger partial charge in [-0.3, -0.25) is 5.32 Å². The van der Waals surface area contributed by atoms with E-state index in [1.54, 1.807) is 6.20 Å². The normalized spacial score (nSPS) is 10.8. The second kappa shape index (κ2) is 4.85. The van der Waals surface area contributed by atoms with Crippen molar-refractivity contribution in [1.29, 1.82) is 0 Å². The average Bonchev–Trinajstić information content (AvgIpc) is 2.40. The van der Waals surface area contributed by atoms with Crippen molar-refractivity contribution >= 4 is 22.8 Å². The van der Waals surface area contributed by atoms with Crippen LogP contribution in [0.5, 0.6) is 0 Å². The highest BCUT2D eigenvalue weighted by Crippen LogP contribution is 2.21. The maximum absolute atomic E-state index is 4.56. The lowest BCUT2D eigenvalue weighted by Gasteiger charge is -2.08. The summed E-state index contributed by atoms with van der Waals surface area (Å²) in [5.74, 6) is 1.03. The molecular weight excluding hydrogens is 250 g/mol. The predicted octanol–water partition coefficient (Wildman–Crippen LogP) is 3.09. The van der Waals surface area contributed by atoms with Crippen molar-refractivity contribution < 1.29 is 0 Å². The van der Waals surface area contributed by atoms with E-state index in [1.807, 2.05) is 45.0 Å². The van der Waals surface area contributed by atoms with Crippen molar-refractivity contribution in [3.8, 4) is 0 Å². The third-order valence-corrected chi connectivity index (χ3v) is 3.14. The number of hydrogen-bond acceptors (Lipinski definition) is 5. The number of fused-ring (bicyclic) bond motifs is 1. The maximum Gasteiger partial charge on any atom is 0.230 e. The fraction of sp³-hybridized carbons (Fsp3) is 0.200. The zero-order chi connectivity index (χ0) is 14.1. The topological polar surface area (TPSA) is 63.6 Å². The summed E-state index contributed by atoms with van der Waals surface area (Å²) in [4.78, 5) is 17.5. The molecule has 0 spiro atoms. The van der Waals surface area contributed by atoms with E-state index in [4.69, 9.17) is 0 Å². The van der Waals surface area contributed by atoms with Crippen molar-refractivity contribution in [3.63, 3.8) is 0 Å². The number of benzene rings is 1. The van der Waals surface area contributed by atoms with Gasteiger partial charge in [-0.25, -0.2) is 19.9 Å². The average molecular weight is 265 g/mol. The summed E-state index contributed by atoms with van der Waals surface area (Å²) in [5, 5.41) is 4.13. The van der Waals surface area contributed by atoms with Crippen LogP contribution in [0, 0.1) is 20.8 Å². The number of nitrogens with one attached hydrogen (secondary N) is 1. The molecule has 1 N–H and O–H groups in total. The van der Waals surface area contributed by atoms with Crippen molar-refractivity contribution in [2.75, 3.05) is 5.32 Å².